The number of carbonyl (C=O) groups is 1. The van der Waals surface area contributed by atoms with Crippen LogP contribution in [0, 0.1) is 0 Å². The molecule has 0 saturated carbocycles. The zero-order valence-electron chi connectivity index (χ0n) is 2.77. The maximum Gasteiger partial charge on any atom is 2.00 e. The second-order valence-electron chi connectivity index (χ2n) is 0.250. The van der Waals surface area contributed by atoms with Crippen molar-refractivity contribution in [1.82, 2.24) is 0 Å². The summed E-state index contributed by atoms with van der Waals surface area (Å²) in [5.74, 6) is 0. The van der Waals surface area contributed by atoms with Gasteiger partial charge in [-0.1, -0.05) is 0 Å². The van der Waals surface area contributed by atoms with E-state index in [-0.39, 0.29) is 57.8 Å². The average Bonchev–Trinajstić information content (AvgIpc) is 0.811. The molecule has 0 aliphatic carbocycles. The summed E-state index contributed by atoms with van der Waals surface area (Å²) in [7, 11) is 0. The van der Waals surface area contributed by atoms with Crippen LogP contribution in [-0.4, -0.2) is 43.9 Å². The molecule has 3 nitrogen and oxygen atoms in total. The molecule has 6 heavy (non-hydrogen) atoms. The topological polar surface area (TPSA) is 63.2 Å². The largest absolute Gasteiger partial charge is 2.00 e. The molecule has 33 valence electrons. The summed E-state index contributed by atoms with van der Waals surface area (Å²) in [5.41, 5.74) is 0. The van der Waals surface area contributed by atoms with Crippen molar-refractivity contribution in [3.8, 4) is 0 Å². The summed E-state index contributed by atoms with van der Waals surface area (Å²) in [6.45, 7) is 0. The Balaban J connectivity index is -0.0000000450. The zero-order chi connectivity index (χ0) is 3.58. The molecule has 0 saturated heterocycles. The Morgan fingerprint density at radius 3 is 1.33 bits per heavy atom. The van der Waals surface area contributed by atoms with Crippen LogP contribution in [0.5, 0.6) is 0 Å². The van der Waals surface area contributed by atoms with E-state index in [0.29, 0.717) is 0 Å². The number of hydrogen-bond acceptors (Lipinski definition) is 3. The molecule has 0 rings (SSSR count). The van der Waals surface area contributed by atoms with Crippen molar-refractivity contribution >= 4 is 43.9 Å². The minimum Gasteiger partial charge on any atom is -0.652 e. The van der Waals surface area contributed by atoms with Crippen LogP contribution in [0.2, 0.25) is 0 Å². The monoisotopic (exact) mass is 293 g/mol. The third-order valence-corrected chi connectivity index (χ3v) is 0. The van der Waals surface area contributed by atoms with Crippen LogP contribution in [-0.2, 0) is 20.1 Å². The summed E-state index contributed by atoms with van der Waals surface area (Å²) in [6, 6.07) is 0. The van der Waals surface area contributed by atoms with Gasteiger partial charge in [0.15, 0.2) is 0 Å². The molecule has 0 heterocycles. The predicted molar refractivity (Wildman–Crippen MR) is 11.1 cm³/mol. The fourth-order valence-corrected chi connectivity index (χ4v) is 0. The molecule has 0 aromatic rings. The quantitative estimate of drug-likeness (QED) is 0.452. The minimum absolute atomic E-state index is 0. The molecular weight excluding hydrogens is 292 g/mol. The van der Waals surface area contributed by atoms with Crippen molar-refractivity contribution in [3.05, 3.63) is 0 Å². The van der Waals surface area contributed by atoms with Crippen molar-refractivity contribution < 1.29 is 35.1 Å². The van der Waals surface area contributed by atoms with E-state index in [1.54, 1.807) is 0 Å². The average molecular weight is 292 g/mol. The van der Waals surface area contributed by atoms with Crippen LogP contribution in [0.3, 0.4) is 0 Å². The van der Waals surface area contributed by atoms with E-state index in [9.17, 15) is 0 Å². The predicted octanol–water partition coefficient (Wildman–Crippen LogP) is -2.83. The number of carboxylic acid groups (broad SMARTS) is 2. The van der Waals surface area contributed by atoms with Gasteiger partial charge < -0.3 is 15.0 Å². The first-order chi connectivity index (χ1) is 1.73. The minimum atomic E-state index is -2.33. The van der Waals surface area contributed by atoms with Gasteiger partial charge in [-0.25, -0.2) is 0 Å². The molecule has 0 fully saturated rings. The molecule has 0 atom stereocenters. The summed E-state index contributed by atoms with van der Waals surface area (Å²) < 4.78 is 0. The number of rotatable bonds is 0. The summed E-state index contributed by atoms with van der Waals surface area (Å²) in [5, 5.41) is 16.7. The third-order valence-electron chi connectivity index (χ3n) is 0. The maximum atomic E-state index is 8.33. The molecule has 0 bridgehead atoms. The number of hydrogen-bond donors (Lipinski definition) is 0. The van der Waals surface area contributed by atoms with Gasteiger partial charge in [-0.05, 0) is 6.16 Å². The molecule has 0 N–H and O–H groups in total. The van der Waals surface area contributed by atoms with Gasteiger partial charge in [-0.2, -0.15) is 0 Å². The smallest absolute Gasteiger partial charge is 0.652 e. The first-order valence-corrected chi connectivity index (χ1v) is 0.612. The van der Waals surface area contributed by atoms with Crippen molar-refractivity contribution in [1.29, 1.82) is 0 Å². The van der Waals surface area contributed by atoms with Gasteiger partial charge in [0.25, 0.3) is 0 Å². The molecule has 0 aromatic carbocycles. The van der Waals surface area contributed by atoms with E-state index in [1.165, 1.54) is 0 Å². The zero-order valence-corrected chi connectivity index (χ0v) is 7.37. The normalized spacial score (nSPS) is 4.00. The van der Waals surface area contributed by atoms with Gasteiger partial charge in [-0.3, -0.25) is 0 Å². The van der Waals surface area contributed by atoms with Crippen molar-refractivity contribution in [3.63, 3.8) is 0 Å². The van der Waals surface area contributed by atoms with E-state index in [2.05, 4.69) is 0 Å². The SMILES string of the molecule is O=C([O-])[O-].[Ca+2].[Ir]. The summed E-state index contributed by atoms with van der Waals surface area (Å²) in [4.78, 5) is 8.33. The first kappa shape index (κ1) is 15.7. The van der Waals surface area contributed by atoms with Crippen LogP contribution < -0.4 is 10.2 Å². The van der Waals surface area contributed by atoms with Crippen molar-refractivity contribution in [2.24, 2.45) is 0 Å². The van der Waals surface area contributed by atoms with Crippen molar-refractivity contribution in [2.75, 3.05) is 0 Å². The Morgan fingerprint density at radius 1 is 1.33 bits per heavy atom. The maximum absolute atomic E-state index is 8.33. The Morgan fingerprint density at radius 2 is 1.33 bits per heavy atom. The van der Waals surface area contributed by atoms with Gasteiger partial charge in [0.2, 0.25) is 0 Å². The van der Waals surface area contributed by atoms with Gasteiger partial charge in [0.05, 0.1) is 0 Å². The van der Waals surface area contributed by atoms with E-state index >= 15 is 0 Å². The molecule has 0 unspecified atom stereocenters. The van der Waals surface area contributed by atoms with E-state index in [4.69, 9.17) is 15.0 Å². The Labute approximate surface area is 78.1 Å². The van der Waals surface area contributed by atoms with E-state index < -0.39 is 6.16 Å². The van der Waals surface area contributed by atoms with E-state index in [0.717, 1.165) is 0 Å². The van der Waals surface area contributed by atoms with Crippen LogP contribution in [0.1, 0.15) is 0 Å². The van der Waals surface area contributed by atoms with Crippen LogP contribution in [0.4, 0.5) is 4.79 Å². The van der Waals surface area contributed by atoms with Gasteiger partial charge in [0.1, 0.15) is 0 Å². The van der Waals surface area contributed by atoms with Gasteiger partial charge in [-0.15, -0.1) is 0 Å². The fourth-order valence-electron chi connectivity index (χ4n) is 0. The molecule has 0 amide bonds. The van der Waals surface area contributed by atoms with Gasteiger partial charge >= 0.3 is 37.7 Å². The molecule has 0 aliphatic heterocycles. The van der Waals surface area contributed by atoms with Crippen LogP contribution in [0.15, 0.2) is 0 Å². The fraction of sp³-hybridized carbons (Fsp3) is 0. The second kappa shape index (κ2) is 9.49. The summed E-state index contributed by atoms with van der Waals surface area (Å²) in [6.07, 6.45) is -2.33. The first-order valence-electron chi connectivity index (χ1n) is 0.612. The Kier molecular flexibility index (Phi) is 24.8. The Bertz CT molecular complexity index is 33.8. The molecule has 5 heteroatoms. The molecule has 0 spiro atoms. The molecule has 1 radical (unpaired) electrons. The second-order valence-corrected chi connectivity index (χ2v) is 0.250. The van der Waals surface area contributed by atoms with Gasteiger partial charge in [0, 0.05) is 20.1 Å². The summed E-state index contributed by atoms with van der Waals surface area (Å²) >= 11 is 0. The van der Waals surface area contributed by atoms with Crippen LogP contribution in [0.25, 0.3) is 0 Å². The van der Waals surface area contributed by atoms with Crippen molar-refractivity contribution in [2.45, 2.75) is 0 Å². The number of carbonyl (C=O) groups excluding carboxylic acids is 1. The molecular formula is CCaIrO3. The van der Waals surface area contributed by atoms with Crippen LogP contribution >= 0.6 is 0 Å². The molecule has 0 aliphatic rings. The molecule has 0 aromatic heterocycles. The third kappa shape index (κ3) is 65.1. The standard InChI is InChI=1S/CH2O3.Ca.Ir/c2-1(3)4;;/h(H2,2,3,4);;/q;+2;/p-2. The van der Waals surface area contributed by atoms with E-state index in [1.807, 2.05) is 0 Å². The Hall–Kier alpha value is 1.18.